The number of hydrogen-bond donors (Lipinski definition) is 0. The molecule has 0 radical (unpaired) electrons. The Morgan fingerprint density at radius 1 is 0.762 bits per heavy atom. The van der Waals surface area contributed by atoms with Crippen molar-refractivity contribution in [2.75, 3.05) is 0 Å². The summed E-state index contributed by atoms with van der Waals surface area (Å²) in [6, 6.07) is 18.2. The van der Waals surface area contributed by atoms with Crippen molar-refractivity contribution in [2.45, 2.75) is 33.1 Å². The maximum Gasteiger partial charge on any atom is 0.0159 e. The van der Waals surface area contributed by atoms with E-state index in [1.807, 2.05) is 0 Å². The molecule has 0 amide bonds. The van der Waals surface area contributed by atoms with Gasteiger partial charge in [0, 0.05) is 5.41 Å². The molecule has 0 heterocycles. The molecule has 0 spiro atoms. The lowest BCUT2D eigenvalue weighted by Gasteiger charge is -2.35. The van der Waals surface area contributed by atoms with Crippen LogP contribution in [0, 0.1) is 13.8 Å². The highest BCUT2D eigenvalue weighted by molar-refractivity contribution is 6.04. The Morgan fingerprint density at radius 2 is 1.57 bits per heavy atom. The molecule has 1 aliphatic carbocycles. The molecule has 0 fully saturated rings. The largest absolute Gasteiger partial charge is 0.0610 e. The van der Waals surface area contributed by atoms with Crippen LogP contribution in [0.5, 0.6) is 0 Å². The summed E-state index contributed by atoms with van der Waals surface area (Å²) in [6.07, 6.45) is 0. The fraction of sp³-hybridized carbons (Fsp3) is 0.238. The number of hydrogen-bond acceptors (Lipinski definition) is 0. The highest BCUT2D eigenvalue weighted by Crippen LogP contribution is 2.49. The SMILES string of the molecule is Cc1ccc2c(c1)C(C)(C)c1ccc(C)c3cccc-2c13. The van der Waals surface area contributed by atoms with E-state index in [0.717, 1.165) is 0 Å². The van der Waals surface area contributed by atoms with E-state index in [2.05, 4.69) is 76.2 Å². The summed E-state index contributed by atoms with van der Waals surface area (Å²) in [5.74, 6) is 0. The smallest absolute Gasteiger partial charge is 0.0159 e. The van der Waals surface area contributed by atoms with Crippen LogP contribution in [0.25, 0.3) is 21.9 Å². The van der Waals surface area contributed by atoms with Crippen molar-refractivity contribution in [1.29, 1.82) is 0 Å². The van der Waals surface area contributed by atoms with Gasteiger partial charge in [-0.15, -0.1) is 0 Å². The van der Waals surface area contributed by atoms with Crippen LogP contribution in [-0.2, 0) is 5.41 Å². The Balaban J connectivity index is 2.26. The second kappa shape index (κ2) is 3.98. The van der Waals surface area contributed by atoms with Gasteiger partial charge >= 0.3 is 0 Å². The Kier molecular flexibility index (Phi) is 2.39. The number of fused-ring (bicyclic) bond motifs is 2. The van der Waals surface area contributed by atoms with Crippen molar-refractivity contribution in [3.63, 3.8) is 0 Å². The third-order valence-electron chi connectivity index (χ3n) is 5.07. The van der Waals surface area contributed by atoms with Gasteiger partial charge in [-0.1, -0.05) is 67.9 Å². The van der Waals surface area contributed by atoms with Gasteiger partial charge in [0.05, 0.1) is 0 Å². The molecule has 3 aromatic carbocycles. The first kappa shape index (κ1) is 12.6. The van der Waals surface area contributed by atoms with Gasteiger partial charge in [0.15, 0.2) is 0 Å². The summed E-state index contributed by atoms with van der Waals surface area (Å²) < 4.78 is 0. The van der Waals surface area contributed by atoms with Crippen molar-refractivity contribution in [1.82, 2.24) is 0 Å². The molecule has 0 bridgehead atoms. The molecule has 0 heteroatoms. The van der Waals surface area contributed by atoms with Crippen LogP contribution in [0.3, 0.4) is 0 Å². The predicted octanol–water partition coefficient (Wildman–Crippen LogP) is 5.76. The minimum Gasteiger partial charge on any atom is -0.0610 e. The first-order valence-electron chi connectivity index (χ1n) is 7.64. The molecule has 0 aromatic heterocycles. The summed E-state index contributed by atoms with van der Waals surface area (Å²) in [5.41, 5.74) is 8.45. The molecule has 0 atom stereocenters. The molecular weight excluding hydrogens is 252 g/mol. The van der Waals surface area contributed by atoms with E-state index in [4.69, 9.17) is 0 Å². The fourth-order valence-corrected chi connectivity index (χ4v) is 3.85. The Hall–Kier alpha value is -2.08. The van der Waals surface area contributed by atoms with E-state index in [1.165, 1.54) is 44.2 Å². The van der Waals surface area contributed by atoms with Crippen LogP contribution in [0.1, 0.15) is 36.1 Å². The Labute approximate surface area is 126 Å². The predicted molar refractivity (Wildman–Crippen MR) is 91.0 cm³/mol. The van der Waals surface area contributed by atoms with Gasteiger partial charge < -0.3 is 0 Å². The van der Waals surface area contributed by atoms with Crippen molar-refractivity contribution < 1.29 is 0 Å². The Morgan fingerprint density at radius 3 is 2.38 bits per heavy atom. The van der Waals surface area contributed by atoms with Crippen LogP contribution < -0.4 is 0 Å². The van der Waals surface area contributed by atoms with Gasteiger partial charge in [-0.2, -0.15) is 0 Å². The van der Waals surface area contributed by atoms with Gasteiger partial charge in [-0.25, -0.2) is 0 Å². The quantitative estimate of drug-likeness (QED) is 0.488. The highest BCUT2D eigenvalue weighted by Gasteiger charge is 2.33. The van der Waals surface area contributed by atoms with E-state index in [0.29, 0.717) is 0 Å². The van der Waals surface area contributed by atoms with Crippen molar-refractivity contribution in [2.24, 2.45) is 0 Å². The molecular formula is C21H20. The molecule has 0 saturated heterocycles. The lowest BCUT2D eigenvalue weighted by molar-refractivity contribution is 0.644. The average molecular weight is 272 g/mol. The van der Waals surface area contributed by atoms with Crippen LogP contribution >= 0.6 is 0 Å². The fourth-order valence-electron chi connectivity index (χ4n) is 3.85. The molecule has 0 saturated carbocycles. The van der Waals surface area contributed by atoms with Gasteiger partial charge in [0.1, 0.15) is 0 Å². The minimum atomic E-state index is 0.0572. The van der Waals surface area contributed by atoms with Gasteiger partial charge in [0.25, 0.3) is 0 Å². The molecule has 0 nitrogen and oxygen atoms in total. The number of benzene rings is 3. The molecule has 4 rings (SSSR count). The van der Waals surface area contributed by atoms with Gasteiger partial charge in [0.2, 0.25) is 0 Å². The second-order valence-corrected chi connectivity index (χ2v) is 6.83. The zero-order valence-electron chi connectivity index (χ0n) is 13.1. The maximum absolute atomic E-state index is 2.36. The van der Waals surface area contributed by atoms with Crippen LogP contribution in [-0.4, -0.2) is 0 Å². The summed E-state index contributed by atoms with van der Waals surface area (Å²) in [4.78, 5) is 0. The zero-order valence-corrected chi connectivity index (χ0v) is 13.1. The standard InChI is InChI=1S/C21H20/c1-13-8-10-16-17-7-5-6-15-14(2)9-11-18(20(15)17)21(3,4)19(16)12-13/h5-12H,1-4H3. The second-order valence-electron chi connectivity index (χ2n) is 6.83. The minimum absolute atomic E-state index is 0.0572. The first-order chi connectivity index (χ1) is 10.00. The third kappa shape index (κ3) is 1.56. The first-order valence-corrected chi connectivity index (χ1v) is 7.64. The number of rotatable bonds is 0. The Bertz CT molecular complexity index is 882. The van der Waals surface area contributed by atoms with Crippen molar-refractivity contribution in [3.8, 4) is 11.1 Å². The van der Waals surface area contributed by atoms with E-state index in [-0.39, 0.29) is 5.41 Å². The van der Waals surface area contributed by atoms with Crippen LogP contribution in [0.2, 0.25) is 0 Å². The van der Waals surface area contributed by atoms with E-state index in [9.17, 15) is 0 Å². The lowest BCUT2D eigenvalue weighted by atomic mass is 9.68. The maximum atomic E-state index is 2.36. The average Bonchev–Trinajstić information content (AvgIpc) is 2.46. The monoisotopic (exact) mass is 272 g/mol. The molecule has 21 heavy (non-hydrogen) atoms. The van der Waals surface area contributed by atoms with Crippen molar-refractivity contribution >= 4 is 10.8 Å². The zero-order chi connectivity index (χ0) is 14.8. The molecule has 0 unspecified atom stereocenters. The molecule has 104 valence electrons. The molecule has 3 aromatic rings. The third-order valence-corrected chi connectivity index (χ3v) is 5.07. The van der Waals surface area contributed by atoms with E-state index < -0.39 is 0 Å². The molecule has 1 aliphatic rings. The lowest BCUT2D eigenvalue weighted by Crippen LogP contribution is -2.24. The highest BCUT2D eigenvalue weighted by atomic mass is 14.4. The number of aryl methyl sites for hydroxylation is 2. The summed E-state index contributed by atoms with van der Waals surface area (Å²) >= 11 is 0. The topological polar surface area (TPSA) is 0 Å². The molecule has 0 N–H and O–H groups in total. The normalized spacial score (nSPS) is 15.0. The van der Waals surface area contributed by atoms with Gasteiger partial charge in [-0.05, 0) is 52.4 Å². The summed E-state index contributed by atoms with van der Waals surface area (Å²) in [7, 11) is 0. The van der Waals surface area contributed by atoms with E-state index in [1.54, 1.807) is 0 Å². The van der Waals surface area contributed by atoms with Gasteiger partial charge in [-0.3, -0.25) is 0 Å². The van der Waals surface area contributed by atoms with Crippen LogP contribution in [0.4, 0.5) is 0 Å². The summed E-state index contributed by atoms with van der Waals surface area (Å²) in [6.45, 7) is 9.10. The van der Waals surface area contributed by atoms with Crippen molar-refractivity contribution in [3.05, 3.63) is 70.8 Å². The summed E-state index contributed by atoms with van der Waals surface area (Å²) in [5, 5.41) is 2.84. The van der Waals surface area contributed by atoms with E-state index >= 15 is 0 Å². The van der Waals surface area contributed by atoms with Crippen LogP contribution in [0.15, 0.2) is 48.5 Å². The molecule has 0 aliphatic heterocycles.